The Morgan fingerprint density at radius 1 is 1.00 bits per heavy atom. The SMILES string of the molecule is Fc1cccc(F)c1F.[H-].[K+]. The van der Waals surface area contributed by atoms with Crippen molar-refractivity contribution in [1.82, 2.24) is 0 Å². The molecule has 0 unspecified atom stereocenters. The summed E-state index contributed by atoms with van der Waals surface area (Å²) in [5.74, 6) is -3.73. The first-order valence-electron chi connectivity index (χ1n) is 2.31. The minimum absolute atomic E-state index is 0. The van der Waals surface area contributed by atoms with Crippen molar-refractivity contribution in [3.05, 3.63) is 35.7 Å². The van der Waals surface area contributed by atoms with Gasteiger partial charge in [-0.05, 0) is 12.1 Å². The fourth-order valence-corrected chi connectivity index (χ4v) is 0.477. The fourth-order valence-electron chi connectivity index (χ4n) is 0.477. The smallest absolute Gasteiger partial charge is 1.00 e. The van der Waals surface area contributed by atoms with Crippen molar-refractivity contribution in [1.29, 1.82) is 0 Å². The van der Waals surface area contributed by atoms with Gasteiger partial charge in [-0.3, -0.25) is 0 Å². The second kappa shape index (κ2) is 4.51. The molecule has 0 aliphatic rings. The molecule has 0 aliphatic heterocycles. The molecule has 0 nitrogen and oxygen atoms in total. The molecule has 4 heteroatoms. The van der Waals surface area contributed by atoms with Crippen LogP contribution >= 0.6 is 0 Å². The van der Waals surface area contributed by atoms with Crippen molar-refractivity contribution in [3.8, 4) is 0 Å². The molecule has 1 rings (SSSR count). The summed E-state index contributed by atoms with van der Waals surface area (Å²) in [7, 11) is 0. The van der Waals surface area contributed by atoms with Gasteiger partial charge in [-0.2, -0.15) is 0 Å². The Labute approximate surface area is 100 Å². The molecular weight excluding hydrogens is 168 g/mol. The maximum Gasteiger partial charge on any atom is 1.00 e. The van der Waals surface area contributed by atoms with Crippen molar-refractivity contribution in [2.24, 2.45) is 0 Å². The van der Waals surface area contributed by atoms with Gasteiger partial charge in [0.1, 0.15) is 0 Å². The molecule has 0 spiro atoms. The quantitative estimate of drug-likeness (QED) is 0.356. The maximum absolute atomic E-state index is 12.0. The van der Waals surface area contributed by atoms with Gasteiger partial charge in [-0.1, -0.05) is 6.07 Å². The molecule has 50 valence electrons. The summed E-state index contributed by atoms with van der Waals surface area (Å²) >= 11 is 0. The maximum atomic E-state index is 12.0. The van der Waals surface area contributed by atoms with Crippen LogP contribution in [0.4, 0.5) is 13.2 Å². The van der Waals surface area contributed by atoms with E-state index in [1.807, 2.05) is 0 Å². The van der Waals surface area contributed by atoms with Crippen LogP contribution in [0.25, 0.3) is 0 Å². The van der Waals surface area contributed by atoms with Crippen LogP contribution in [0.2, 0.25) is 0 Å². The van der Waals surface area contributed by atoms with E-state index in [0.717, 1.165) is 18.2 Å². The molecule has 1 aromatic carbocycles. The van der Waals surface area contributed by atoms with Gasteiger partial charge < -0.3 is 1.43 Å². The normalized spacial score (nSPS) is 8.70. The molecule has 0 radical (unpaired) electrons. The third-order valence-corrected chi connectivity index (χ3v) is 0.904. The van der Waals surface area contributed by atoms with Gasteiger partial charge in [0.15, 0.2) is 17.5 Å². The van der Waals surface area contributed by atoms with Crippen LogP contribution in [-0.2, 0) is 0 Å². The van der Waals surface area contributed by atoms with Crippen LogP contribution in [0.1, 0.15) is 1.43 Å². The van der Waals surface area contributed by atoms with E-state index in [1.165, 1.54) is 0 Å². The second-order valence-electron chi connectivity index (χ2n) is 1.54. The summed E-state index contributed by atoms with van der Waals surface area (Å²) < 4.78 is 35.9. The van der Waals surface area contributed by atoms with E-state index in [2.05, 4.69) is 0 Å². The van der Waals surface area contributed by atoms with Crippen LogP contribution in [0.5, 0.6) is 0 Å². The molecular formula is C6H4F3K. The van der Waals surface area contributed by atoms with E-state index >= 15 is 0 Å². The Morgan fingerprint density at radius 2 is 1.40 bits per heavy atom. The third kappa shape index (κ3) is 2.36. The summed E-state index contributed by atoms with van der Waals surface area (Å²) in [6.45, 7) is 0. The summed E-state index contributed by atoms with van der Waals surface area (Å²) in [5, 5.41) is 0. The summed E-state index contributed by atoms with van der Waals surface area (Å²) in [6, 6.07) is 2.82. The van der Waals surface area contributed by atoms with Crippen molar-refractivity contribution >= 4 is 0 Å². The molecule has 0 fully saturated rings. The standard InChI is InChI=1S/C6H3F3.K.H/c7-4-2-1-3-5(8)6(4)9;;/h1-3H;;/q;+1;-1. The van der Waals surface area contributed by atoms with Crippen LogP contribution < -0.4 is 51.4 Å². The Kier molecular flexibility index (Phi) is 4.80. The molecule has 0 atom stereocenters. The molecule has 0 saturated carbocycles. The Morgan fingerprint density at radius 3 is 1.70 bits per heavy atom. The molecule has 0 saturated heterocycles. The van der Waals surface area contributed by atoms with Gasteiger partial charge in [-0.15, -0.1) is 0 Å². The van der Waals surface area contributed by atoms with Crippen LogP contribution in [0.15, 0.2) is 18.2 Å². The van der Waals surface area contributed by atoms with E-state index in [4.69, 9.17) is 0 Å². The van der Waals surface area contributed by atoms with Gasteiger partial charge in [0, 0.05) is 0 Å². The molecule has 0 bridgehead atoms. The van der Waals surface area contributed by atoms with E-state index in [-0.39, 0.29) is 52.8 Å². The molecule has 0 aliphatic carbocycles. The largest absolute Gasteiger partial charge is 1.00 e. The van der Waals surface area contributed by atoms with Gasteiger partial charge in [0.05, 0.1) is 0 Å². The number of halogens is 3. The van der Waals surface area contributed by atoms with Crippen molar-refractivity contribution < 1.29 is 66.0 Å². The minimum Gasteiger partial charge on any atom is -1.00 e. The monoisotopic (exact) mass is 172 g/mol. The van der Waals surface area contributed by atoms with E-state index in [9.17, 15) is 13.2 Å². The summed E-state index contributed by atoms with van der Waals surface area (Å²) in [5.41, 5.74) is 0. The Bertz CT molecular complexity index is 209. The zero-order valence-corrected chi connectivity index (χ0v) is 8.49. The van der Waals surface area contributed by atoms with Gasteiger partial charge in [0.2, 0.25) is 0 Å². The minimum atomic E-state index is -1.42. The summed E-state index contributed by atoms with van der Waals surface area (Å²) in [6.07, 6.45) is 0. The summed E-state index contributed by atoms with van der Waals surface area (Å²) in [4.78, 5) is 0. The molecule has 10 heavy (non-hydrogen) atoms. The number of hydrogen-bond donors (Lipinski definition) is 0. The molecule has 0 aromatic heterocycles. The van der Waals surface area contributed by atoms with Crippen molar-refractivity contribution in [3.63, 3.8) is 0 Å². The number of benzene rings is 1. The Hall–Kier alpha value is 0.646. The van der Waals surface area contributed by atoms with E-state index in [1.54, 1.807) is 0 Å². The predicted molar refractivity (Wildman–Crippen MR) is 27.4 cm³/mol. The molecule has 0 heterocycles. The first-order chi connectivity index (χ1) is 4.22. The second-order valence-corrected chi connectivity index (χ2v) is 1.54. The third-order valence-electron chi connectivity index (χ3n) is 0.904. The zero-order valence-electron chi connectivity index (χ0n) is 6.37. The Balaban J connectivity index is 0. The average molecular weight is 172 g/mol. The van der Waals surface area contributed by atoms with Crippen LogP contribution in [0.3, 0.4) is 0 Å². The van der Waals surface area contributed by atoms with Gasteiger partial charge in [-0.25, -0.2) is 13.2 Å². The van der Waals surface area contributed by atoms with Gasteiger partial charge in [0.25, 0.3) is 0 Å². The zero-order chi connectivity index (χ0) is 6.85. The number of rotatable bonds is 0. The average Bonchev–Trinajstić information content (AvgIpc) is 1.83. The van der Waals surface area contributed by atoms with Gasteiger partial charge >= 0.3 is 51.4 Å². The van der Waals surface area contributed by atoms with E-state index in [0.29, 0.717) is 0 Å². The van der Waals surface area contributed by atoms with Crippen molar-refractivity contribution in [2.75, 3.05) is 0 Å². The van der Waals surface area contributed by atoms with E-state index < -0.39 is 17.5 Å². The number of hydrogen-bond acceptors (Lipinski definition) is 0. The predicted octanol–water partition coefficient (Wildman–Crippen LogP) is -0.780. The molecule has 0 N–H and O–H groups in total. The topological polar surface area (TPSA) is 0 Å². The first-order valence-corrected chi connectivity index (χ1v) is 2.31. The fraction of sp³-hybridized carbons (Fsp3) is 0. The molecule has 1 aromatic rings. The van der Waals surface area contributed by atoms with Crippen molar-refractivity contribution in [2.45, 2.75) is 0 Å². The first kappa shape index (κ1) is 10.6. The van der Waals surface area contributed by atoms with Crippen LogP contribution in [0, 0.1) is 17.5 Å². The molecule has 0 amide bonds. The van der Waals surface area contributed by atoms with Crippen LogP contribution in [-0.4, -0.2) is 0 Å².